The standard InChI is InChI=1S/C20H17N3O3S/c1-25-17-7-6-14(11-18(17)26-2)19(24)21-15-5-3-4-13(10-15)16-12-23-8-9-27-20(23)22-16/h3-12H,1-2H3,(H,21,24). The molecule has 6 nitrogen and oxygen atoms in total. The van der Waals surface area contributed by atoms with Crippen molar-refractivity contribution in [3.63, 3.8) is 0 Å². The van der Waals surface area contributed by atoms with Gasteiger partial charge >= 0.3 is 0 Å². The van der Waals surface area contributed by atoms with Crippen LogP contribution in [0.3, 0.4) is 0 Å². The fraction of sp³-hybridized carbons (Fsp3) is 0.100. The van der Waals surface area contributed by atoms with Gasteiger partial charge in [0.2, 0.25) is 0 Å². The highest BCUT2D eigenvalue weighted by Crippen LogP contribution is 2.28. The number of fused-ring (bicyclic) bond motifs is 1. The predicted molar refractivity (Wildman–Crippen MR) is 106 cm³/mol. The highest BCUT2D eigenvalue weighted by Gasteiger charge is 2.12. The van der Waals surface area contributed by atoms with Crippen LogP contribution in [0.4, 0.5) is 5.69 Å². The summed E-state index contributed by atoms with van der Waals surface area (Å²) in [6, 6.07) is 12.7. The molecular weight excluding hydrogens is 362 g/mol. The Morgan fingerprint density at radius 2 is 1.96 bits per heavy atom. The zero-order chi connectivity index (χ0) is 18.8. The quantitative estimate of drug-likeness (QED) is 0.560. The van der Waals surface area contributed by atoms with Gasteiger partial charge in [-0.2, -0.15) is 0 Å². The van der Waals surface area contributed by atoms with E-state index < -0.39 is 0 Å². The van der Waals surface area contributed by atoms with E-state index in [1.165, 1.54) is 0 Å². The van der Waals surface area contributed by atoms with Crippen molar-refractivity contribution in [3.8, 4) is 22.8 Å². The summed E-state index contributed by atoms with van der Waals surface area (Å²) >= 11 is 1.58. The second-order valence-corrected chi connectivity index (χ2v) is 6.70. The molecular formula is C20H17N3O3S. The highest BCUT2D eigenvalue weighted by molar-refractivity contribution is 7.15. The first-order chi connectivity index (χ1) is 13.2. The third-order valence-electron chi connectivity index (χ3n) is 4.16. The van der Waals surface area contributed by atoms with Crippen LogP contribution in [0.2, 0.25) is 0 Å². The van der Waals surface area contributed by atoms with Gasteiger partial charge in [-0.05, 0) is 30.3 Å². The average Bonchev–Trinajstić information content (AvgIpc) is 3.30. The molecule has 1 N–H and O–H groups in total. The van der Waals surface area contributed by atoms with Crippen LogP contribution >= 0.6 is 11.3 Å². The Kier molecular flexibility index (Phi) is 4.52. The third-order valence-corrected chi connectivity index (χ3v) is 4.93. The zero-order valence-electron chi connectivity index (χ0n) is 14.8. The molecule has 0 aliphatic rings. The number of ether oxygens (including phenoxy) is 2. The van der Waals surface area contributed by atoms with Crippen LogP contribution in [0.5, 0.6) is 11.5 Å². The minimum atomic E-state index is -0.223. The molecule has 0 aliphatic carbocycles. The fourth-order valence-electron chi connectivity index (χ4n) is 2.80. The maximum absolute atomic E-state index is 12.6. The normalized spacial score (nSPS) is 10.7. The minimum Gasteiger partial charge on any atom is -0.493 e. The number of methoxy groups -OCH3 is 2. The molecule has 0 radical (unpaired) electrons. The predicted octanol–water partition coefficient (Wildman–Crippen LogP) is 4.33. The van der Waals surface area contributed by atoms with Crippen LogP contribution in [-0.2, 0) is 0 Å². The number of hydrogen-bond acceptors (Lipinski definition) is 5. The second-order valence-electron chi connectivity index (χ2n) is 5.82. The summed E-state index contributed by atoms with van der Waals surface area (Å²) in [6.07, 6.45) is 3.94. The molecule has 0 aliphatic heterocycles. The molecule has 0 bridgehead atoms. The number of rotatable bonds is 5. The molecule has 4 rings (SSSR count). The number of hydrogen-bond donors (Lipinski definition) is 1. The lowest BCUT2D eigenvalue weighted by Gasteiger charge is -2.10. The van der Waals surface area contributed by atoms with Crippen LogP contribution in [0, 0.1) is 0 Å². The molecule has 0 spiro atoms. The number of nitrogens with zero attached hydrogens (tertiary/aromatic N) is 2. The van der Waals surface area contributed by atoms with Crippen LogP contribution in [0.15, 0.2) is 60.2 Å². The molecule has 0 unspecified atom stereocenters. The van der Waals surface area contributed by atoms with Gasteiger partial charge in [-0.25, -0.2) is 4.98 Å². The molecule has 0 saturated carbocycles. The van der Waals surface area contributed by atoms with E-state index in [2.05, 4.69) is 10.3 Å². The van der Waals surface area contributed by atoms with Crippen molar-refractivity contribution < 1.29 is 14.3 Å². The summed E-state index contributed by atoms with van der Waals surface area (Å²) in [5.41, 5.74) is 2.99. The molecule has 2 heterocycles. The van der Waals surface area contributed by atoms with E-state index in [9.17, 15) is 4.79 Å². The van der Waals surface area contributed by atoms with Gasteiger partial charge in [-0.1, -0.05) is 12.1 Å². The van der Waals surface area contributed by atoms with Gasteiger partial charge in [-0.15, -0.1) is 11.3 Å². The monoisotopic (exact) mass is 379 g/mol. The molecule has 1 amide bonds. The number of amides is 1. The van der Waals surface area contributed by atoms with Crippen LogP contribution in [0.1, 0.15) is 10.4 Å². The number of nitrogens with one attached hydrogen (secondary N) is 1. The van der Waals surface area contributed by atoms with Gasteiger partial charge in [0.1, 0.15) is 0 Å². The van der Waals surface area contributed by atoms with Gasteiger partial charge in [0, 0.05) is 34.6 Å². The van der Waals surface area contributed by atoms with Gasteiger partial charge in [0.15, 0.2) is 16.5 Å². The lowest BCUT2D eigenvalue weighted by Crippen LogP contribution is -2.12. The fourth-order valence-corrected chi connectivity index (χ4v) is 3.50. The average molecular weight is 379 g/mol. The smallest absolute Gasteiger partial charge is 0.255 e. The van der Waals surface area contributed by atoms with Crippen LogP contribution < -0.4 is 14.8 Å². The third kappa shape index (κ3) is 3.37. The maximum Gasteiger partial charge on any atom is 0.255 e. The Balaban J connectivity index is 1.57. The number of aromatic nitrogens is 2. The summed E-state index contributed by atoms with van der Waals surface area (Å²) in [5, 5.41) is 4.91. The van der Waals surface area contributed by atoms with Gasteiger partial charge in [0.05, 0.1) is 19.9 Å². The van der Waals surface area contributed by atoms with Crippen molar-refractivity contribution in [1.29, 1.82) is 0 Å². The Morgan fingerprint density at radius 3 is 2.74 bits per heavy atom. The highest BCUT2D eigenvalue weighted by atomic mass is 32.1. The summed E-state index contributed by atoms with van der Waals surface area (Å²) in [6.45, 7) is 0. The number of thiazole rings is 1. The topological polar surface area (TPSA) is 64.9 Å². The zero-order valence-corrected chi connectivity index (χ0v) is 15.6. The van der Waals surface area contributed by atoms with Crippen LogP contribution in [-0.4, -0.2) is 29.5 Å². The van der Waals surface area contributed by atoms with Crippen molar-refractivity contribution in [3.05, 3.63) is 65.8 Å². The van der Waals surface area contributed by atoms with Crippen molar-refractivity contribution >= 4 is 27.9 Å². The largest absolute Gasteiger partial charge is 0.493 e. The molecule has 4 aromatic rings. The van der Waals surface area contributed by atoms with E-state index in [1.54, 1.807) is 43.8 Å². The Hall–Kier alpha value is -3.32. The first kappa shape index (κ1) is 17.1. The Labute approximate surface area is 160 Å². The van der Waals surface area contributed by atoms with Crippen molar-refractivity contribution in [2.75, 3.05) is 19.5 Å². The molecule has 2 aromatic heterocycles. The number of anilines is 1. The molecule has 0 saturated heterocycles. The summed E-state index contributed by atoms with van der Waals surface area (Å²) < 4.78 is 12.4. The van der Waals surface area contributed by atoms with E-state index in [1.807, 2.05) is 46.4 Å². The Morgan fingerprint density at radius 1 is 1.11 bits per heavy atom. The van der Waals surface area contributed by atoms with Crippen molar-refractivity contribution in [1.82, 2.24) is 9.38 Å². The van der Waals surface area contributed by atoms with E-state index in [-0.39, 0.29) is 5.91 Å². The van der Waals surface area contributed by atoms with Crippen LogP contribution in [0.25, 0.3) is 16.2 Å². The summed E-state index contributed by atoms with van der Waals surface area (Å²) in [5.74, 6) is 0.867. The Bertz CT molecular complexity index is 1090. The SMILES string of the molecule is COc1ccc(C(=O)Nc2cccc(-c3cn4ccsc4n3)c2)cc1OC. The van der Waals surface area contributed by atoms with Gasteiger partial charge in [0.25, 0.3) is 5.91 Å². The van der Waals surface area contributed by atoms with E-state index in [0.29, 0.717) is 22.7 Å². The lowest BCUT2D eigenvalue weighted by atomic mass is 10.1. The number of imidazole rings is 1. The van der Waals surface area contributed by atoms with E-state index in [4.69, 9.17) is 9.47 Å². The van der Waals surface area contributed by atoms with Gasteiger partial charge < -0.3 is 14.8 Å². The second kappa shape index (κ2) is 7.13. The number of benzene rings is 2. The molecule has 27 heavy (non-hydrogen) atoms. The lowest BCUT2D eigenvalue weighted by molar-refractivity contribution is 0.102. The molecule has 0 atom stereocenters. The minimum absolute atomic E-state index is 0.223. The summed E-state index contributed by atoms with van der Waals surface area (Å²) in [7, 11) is 3.10. The van der Waals surface area contributed by atoms with Gasteiger partial charge in [-0.3, -0.25) is 9.20 Å². The van der Waals surface area contributed by atoms with E-state index in [0.717, 1.165) is 16.2 Å². The number of carbonyl (C=O) groups excluding carboxylic acids is 1. The van der Waals surface area contributed by atoms with E-state index >= 15 is 0 Å². The molecule has 0 fully saturated rings. The molecule has 136 valence electrons. The molecule has 7 heteroatoms. The molecule has 2 aromatic carbocycles. The maximum atomic E-state index is 12.6. The van der Waals surface area contributed by atoms with Crippen molar-refractivity contribution in [2.24, 2.45) is 0 Å². The number of carbonyl (C=O) groups is 1. The van der Waals surface area contributed by atoms with Crippen molar-refractivity contribution in [2.45, 2.75) is 0 Å². The first-order valence-electron chi connectivity index (χ1n) is 8.24. The summed E-state index contributed by atoms with van der Waals surface area (Å²) in [4.78, 5) is 18.1. The first-order valence-corrected chi connectivity index (χ1v) is 9.12.